The second-order valence-corrected chi connectivity index (χ2v) is 4.93. The first-order valence-corrected chi connectivity index (χ1v) is 6.79. The molecule has 0 aliphatic heterocycles. The Morgan fingerprint density at radius 2 is 2.24 bits per heavy atom. The van der Waals surface area contributed by atoms with Gasteiger partial charge >= 0.3 is 0 Å². The third-order valence-electron chi connectivity index (χ3n) is 2.90. The van der Waals surface area contributed by atoms with Crippen molar-refractivity contribution in [2.75, 3.05) is 6.54 Å². The number of nitrogens with one attached hydrogen (secondary N) is 1. The number of thiocarbonyl (C=S) groups is 1. The van der Waals surface area contributed by atoms with Crippen molar-refractivity contribution in [2.24, 2.45) is 5.73 Å². The van der Waals surface area contributed by atoms with Crippen LogP contribution in [0.25, 0.3) is 10.9 Å². The fraction of sp³-hybridized carbons (Fsp3) is 0.133. The zero-order valence-electron chi connectivity index (χ0n) is 11.7. The number of carbonyl (C=O) groups is 1. The Bertz CT molecular complexity index is 714. The van der Waals surface area contributed by atoms with Gasteiger partial charge in [0.2, 0.25) is 0 Å². The molecule has 0 aliphatic carbocycles. The highest BCUT2D eigenvalue weighted by Crippen LogP contribution is 2.18. The third-order valence-corrected chi connectivity index (χ3v) is 3.12. The minimum absolute atomic E-state index is 0.0818. The highest BCUT2D eigenvalue weighted by atomic mass is 32.1. The summed E-state index contributed by atoms with van der Waals surface area (Å²) in [4.78, 5) is 16.9. The predicted molar refractivity (Wildman–Crippen MR) is 87.6 cm³/mol. The molecule has 2 aromatic rings. The second kappa shape index (κ2) is 6.32. The van der Waals surface area contributed by atoms with Crippen molar-refractivity contribution in [1.82, 2.24) is 15.4 Å². The molecule has 0 saturated heterocycles. The zero-order valence-corrected chi connectivity index (χ0v) is 12.5. The van der Waals surface area contributed by atoms with Crippen LogP contribution in [0.1, 0.15) is 16.1 Å². The number of hydrazine groups is 1. The average Bonchev–Trinajstić information content (AvgIpc) is 2.45. The van der Waals surface area contributed by atoms with Crippen molar-refractivity contribution in [3.63, 3.8) is 0 Å². The molecule has 1 amide bonds. The highest BCUT2D eigenvalue weighted by molar-refractivity contribution is 7.80. The summed E-state index contributed by atoms with van der Waals surface area (Å²) in [5.74, 6) is -0.286. The van der Waals surface area contributed by atoms with E-state index in [1.54, 1.807) is 12.1 Å². The largest absolute Gasteiger partial charge is 0.375 e. The molecule has 3 N–H and O–H groups in total. The minimum Gasteiger partial charge on any atom is -0.375 e. The average molecular weight is 300 g/mol. The summed E-state index contributed by atoms with van der Waals surface area (Å²) in [5.41, 5.74) is 10.3. The lowest BCUT2D eigenvalue weighted by Gasteiger charge is -2.22. The van der Waals surface area contributed by atoms with Crippen LogP contribution in [0, 0.1) is 6.92 Å². The number of amides is 1. The van der Waals surface area contributed by atoms with Crippen molar-refractivity contribution in [2.45, 2.75) is 6.92 Å². The smallest absolute Gasteiger partial charge is 0.270 e. The normalized spacial score (nSPS) is 10.1. The standard InChI is InChI=1S/C15H16N4OS/c1-3-8-19(15(16)21)18-14(20)12-9-10(2)17-13-7-5-4-6-11(12)13/h3-7,9H,1,8H2,2H3,(H2,16,21)(H,18,20). The van der Waals surface area contributed by atoms with Gasteiger partial charge in [0.05, 0.1) is 17.6 Å². The molecule has 0 atom stereocenters. The van der Waals surface area contributed by atoms with E-state index in [4.69, 9.17) is 18.0 Å². The molecule has 0 radical (unpaired) electrons. The number of aryl methyl sites for hydroxylation is 1. The molecule has 0 saturated carbocycles. The van der Waals surface area contributed by atoms with Crippen LogP contribution < -0.4 is 11.2 Å². The molecule has 2 rings (SSSR count). The summed E-state index contributed by atoms with van der Waals surface area (Å²) in [7, 11) is 0. The molecule has 0 bridgehead atoms. The first kappa shape index (κ1) is 14.9. The van der Waals surface area contributed by atoms with Gasteiger partial charge in [-0.2, -0.15) is 0 Å². The van der Waals surface area contributed by atoms with Crippen LogP contribution in [0.3, 0.4) is 0 Å². The zero-order chi connectivity index (χ0) is 15.4. The van der Waals surface area contributed by atoms with E-state index in [1.165, 1.54) is 5.01 Å². The van der Waals surface area contributed by atoms with Gasteiger partial charge in [0.25, 0.3) is 5.91 Å². The third kappa shape index (κ3) is 3.35. The number of carbonyl (C=O) groups excluding carboxylic acids is 1. The maximum absolute atomic E-state index is 12.5. The summed E-state index contributed by atoms with van der Waals surface area (Å²) in [5, 5.41) is 2.23. The molecule has 108 valence electrons. The van der Waals surface area contributed by atoms with E-state index in [2.05, 4.69) is 17.0 Å². The number of para-hydroxylation sites is 1. The highest BCUT2D eigenvalue weighted by Gasteiger charge is 2.15. The topological polar surface area (TPSA) is 71.2 Å². The van der Waals surface area contributed by atoms with Gasteiger partial charge in [0.15, 0.2) is 5.11 Å². The lowest BCUT2D eigenvalue weighted by atomic mass is 10.1. The van der Waals surface area contributed by atoms with Crippen LogP contribution in [0.15, 0.2) is 43.0 Å². The molecular formula is C15H16N4OS. The molecule has 5 nitrogen and oxygen atoms in total. The monoisotopic (exact) mass is 300 g/mol. The van der Waals surface area contributed by atoms with Crippen LogP contribution >= 0.6 is 12.2 Å². The number of nitrogens with zero attached hydrogens (tertiary/aromatic N) is 2. The molecule has 0 unspecified atom stereocenters. The Morgan fingerprint density at radius 1 is 1.52 bits per heavy atom. The van der Waals surface area contributed by atoms with E-state index < -0.39 is 0 Å². The Kier molecular flexibility index (Phi) is 4.49. The van der Waals surface area contributed by atoms with Gasteiger partial charge in [-0.05, 0) is 31.3 Å². The number of hydrogen-bond donors (Lipinski definition) is 2. The summed E-state index contributed by atoms with van der Waals surface area (Å²) < 4.78 is 0. The summed E-state index contributed by atoms with van der Waals surface area (Å²) >= 11 is 4.90. The maximum Gasteiger partial charge on any atom is 0.270 e. The van der Waals surface area contributed by atoms with Crippen molar-refractivity contribution in [3.05, 3.63) is 54.2 Å². The van der Waals surface area contributed by atoms with Gasteiger partial charge in [0.1, 0.15) is 0 Å². The number of aromatic nitrogens is 1. The maximum atomic E-state index is 12.5. The van der Waals surface area contributed by atoms with E-state index in [9.17, 15) is 4.79 Å². The van der Waals surface area contributed by atoms with Gasteiger partial charge < -0.3 is 5.73 Å². The number of nitrogens with two attached hydrogens (primary N) is 1. The quantitative estimate of drug-likeness (QED) is 0.515. The van der Waals surface area contributed by atoms with Crippen LogP contribution in [0.5, 0.6) is 0 Å². The van der Waals surface area contributed by atoms with Crippen LogP contribution in [-0.2, 0) is 0 Å². The van der Waals surface area contributed by atoms with Gasteiger partial charge in [-0.1, -0.05) is 24.3 Å². The van der Waals surface area contributed by atoms with E-state index in [0.717, 1.165) is 16.6 Å². The Morgan fingerprint density at radius 3 is 2.90 bits per heavy atom. The van der Waals surface area contributed by atoms with E-state index in [-0.39, 0.29) is 11.0 Å². The fourth-order valence-electron chi connectivity index (χ4n) is 2.00. The SMILES string of the molecule is C=CCN(NC(=O)c1cc(C)nc2ccccc12)C(N)=S. The Labute approximate surface area is 128 Å². The predicted octanol–water partition coefficient (Wildman–Crippen LogP) is 1.92. The first-order chi connectivity index (χ1) is 10.0. The molecule has 0 spiro atoms. The summed E-state index contributed by atoms with van der Waals surface area (Å²) in [6, 6.07) is 9.22. The minimum atomic E-state index is -0.286. The summed E-state index contributed by atoms with van der Waals surface area (Å²) in [6.07, 6.45) is 1.61. The van der Waals surface area contributed by atoms with Gasteiger partial charge in [0, 0.05) is 11.1 Å². The molecule has 6 heteroatoms. The van der Waals surface area contributed by atoms with E-state index >= 15 is 0 Å². The fourth-order valence-corrected chi connectivity index (χ4v) is 2.12. The molecular weight excluding hydrogens is 284 g/mol. The number of hydrogen-bond acceptors (Lipinski definition) is 3. The van der Waals surface area contributed by atoms with Crippen LogP contribution in [-0.4, -0.2) is 27.6 Å². The van der Waals surface area contributed by atoms with Crippen LogP contribution in [0.4, 0.5) is 0 Å². The molecule has 1 heterocycles. The molecule has 0 fully saturated rings. The Hall–Kier alpha value is -2.47. The van der Waals surface area contributed by atoms with Gasteiger partial charge in [-0.3, -0.25) is 20.2 Å². The number of rotatable bonds is 3. The molecule has 0 aliphatic rings. The molecule has 1 aromatic carbocycles. The Balaban J connectivity index is 2.39. The lowest BCUT2D eigenvalue weighted by molar-refractivity contribution is 0.0880. The number of benzene rings is 1. The van der Waals surface area contributed by atoms with E-state index in [0.29, 0.717) is 12.1 Å². The van der Waals surface area contributed by atoms with Crippen molar-refractivity contribution < 1.29 is 4.79 Å². The van der Waals surface area contributed by atoms with Crippen molar-refractivity contribution in [3.8, 4) is 0 Å². The number of pyridine rings is 1. The van der Waals surface area contributed by atoms with E-state index in [1.807, 2.05) is 31.2 Å². The second-order valence-electron chi connectivity index (χ2n) is 4.51. The van der Waals surface area contributed by atoms with Gasteiger partial charge in [-0.15, -0.1) is 6.58 Å². The first-order valence-electron chi connectivity index (χ1n) is 6.38. The molecule has 21 heavy (non-hydrogen) atoms. The number of fused-ring (bicyclic) bond motifs is 1. The van der Waals surface area contributed by atoms with Crippen molar-refractivity contribution in [1.29, 1.82) is 0 Å². The van der Waals surface area contributed by atoms with Gasteiger partial charge in [-0.25, -0.2) is 0 Å². The van der Waals surface area contributed by atoms with Crippen LogP contribution in [0.2, 0.25) is 0 Å². The molecule has 1 aromatic heterocycles. The lowest BCUT2D eigenvalue weighted by Crippen LogP contribution is -2.48. The van der Waals surface area contributed by atoms with Crippen molar-refractivity contribution >= 4 is 34.1 Å². The summed E-state index contributed by atoms with van der Waals surface area (Å²) in [6.45, 7) is 5.79.